The Hall–Kier alpha value is -2.27. The van der Waals surface area contributed by atoms with Crippen LogP contribution in [0.25, 0.3) is 6.20 Å². The highest BCUT2D eigenvalue weighted by Gasteiger charge is 2.04. The third-order valence-electron chi connectivity index (χ3n) is 2.95. The molecule has 0 aliphatic heterocycles. The molecule has 1 heterocycles. The van der Waals surface area contributed by atoms with E-state index in [2.05, 4.69) is 17.0 Å². The molecule has 0 saturated heterocycles. The number of nitrogens with zero attached hydrogens (tertiary/aromatic N) is 2. The molecule has 5 nitrogen and oxygen atoms in total. The zero-order valence-corrected chi connectivity index (χ0v) is 11.8. The van der Waals surface area contributed by atoms with E-state index < -0.39 is 0 Å². The molecule has 0 saturated carbocycles. The van der Waals surface area contributed by atoms with Crippen LogP contribution in [0.2, 0.25) is 0 Å². The van der Waals surface area contributed by atoms with Gasteiger partial charge in [0.1, 0.15) is 0 Å². The lowest BCUT2D eigenvalue weighted by Gasteiger charge is -2.10. The Morgan fingerprint density at radius 2 is 1.95 bits per heavy atom. The van der Waals surface area contributed by atoms with Crippen LogP contribution in [-0.4, -0.2) is 24.0 Å². The van der Waals surface area contributed by atoms with Crippen LogP contribution in [0.3, 0.4) is 0 Å². The molecule has 106 valence electrons. The monoisotopic (exact) mass is 273 g/mol. The maximum Gasteiger partial charge on any atom is 0.161 e. The predicted molar refractivity (Wildman–Crippen MR) is 78.7 cm³/mol. The molecule has 2 aromatic rings. The Kier molecular flexibility index (Phi) is 4.79. The van der Waals surface area contributed by atoms with E-state index >= 15 is 0 Å². The molecule has 0 spiro atoms. The van der Waals surface area contributed by atoms with Crippen LogP contribution in [0.4, 0.5) is 0 Å². The minimum absolute atomic E-state index is 0.739. The van der Waals surface area contributed by atoms with Gasteiger partial charge in [-0.15, -0.1) is 0 Å². The Balaban J connectivity index is 1.92. The van der Waals surface area contributed by atoms with Crippen molar-refractivity contribution in [1.82, 2.24) is 15.1 Å². The van der Waals surface area contributed by atoms with Gasteiger partial charge in [-0.1, -0.05) is 12.6 Å². The van der Waals surface area contributed by atoms with Crippen LogP contribution in [0.15, 0.2) is 37.2 Å². The first-order valence-electron chi connectivity index (χ1n) is 6.34. The molecule has 2 rings (SSSR count). The largest absolute Gasteiger partial charge is 0.493 e. The van der Waals surface area contributed by atoms with Crippen LogP contribution < -0.4 is 14.8 Å². The second-order valence-electron chi connectivity index (χ2n) is 4.30. The summed E-state index contributed by atoms with van der Waals surface area (Å²) in [5, 5.41) is 7.49. The van der Waals surface area contributed by atoms with Gasteiger partial charge >= 0.3 is 0 Å². The smallest absolute Gasteiger partial charge is 0.161 e. The third-order valence-corrected chi connectivity index (χ3v) is 2.95. The standard InChI is InChI=1S/C15H19N3O2/c1-4-18-11-13(10-17-18)9-16-8-12-5-6-14(19-2)15(7-12)20-3/h4-7,10-11,16H,1,8-9H2,2-3H3. The minimum Gasteiger partial charge on any atom is -0.493 e. The van der Waals surface area contributed by atoms with Crippen molar-refractivity contribution in [3.05, 3.63) is 48.3 Å². The van der Waals surface area contributed by atoms with E-state index in [4.69, 9.17) is 9.47 Å². The summed E-state index contributed by atoms with van der Waals surface area (Å²) in [6.07, 6.45) is 5.43. The number of nitrogens with one attached hydrogen (secondary N) is 1. The summed E-state index contributed by atoms with van der Waals surface area (Å²) in [5.74, 6) is 1.48. The van der Waals surface area contributed by atoms with Crippen molar-refractivity contribution in [2.75, 3.05) is 14.2 Å². The van der Waals surface area contributed by atoms with Gasteiger partial charge in [0.05, 0.1) is 20.4 Å². The molecule has 0 radical (unpaired) electrons. The van der Waals surface area contributed by atoms with Crippen LogP contribution >= 0.6 is 0 Å². The second-order valence-corrected chi connectivity index (χ2v) is 4.30. The first-order chi connectivity index (χ1) is 9.76. The van der Waals surface area contributed by atoms with E-state index in [-0.39, 0.29) is 0 Å². The first kappa shape index (κ1) is 14.1. The van der Waals surface area contributed by atoms with Gasteiger partial charge in [0.15, 0.2) is 11.5 Å². The van der Waals surface area contributed by atoms with Gasteiger partial charge in [0, 0.05) is 31.0 Å². The van der Waals surface area contributed by atoms with Crippen molar-refractivity contribution in [2.45, 2.75) is 13.1 Å². The van der Waals surface area contributed by atoms with E-state index in [1.165, 1.54) is 0 Å². The Morgan fingerprint density at radius 3 is 2.60 bits per heavy atom. The van der Waals surface area contributed by atoms with Crippen molar-refractivity contribution in [3.63, 3.8) is 0 Å². The number of hydrogen-bond acceptors (Lipinski definition) is 4. The van der Waals surface area contributed by atoms with Gasteiger partial charge in [-0.05, 0) is 17.7 Å². The fourth-order valence-electron chi connectivity index (χ4n) is 1.91. The number of methoxy groups -OCH3 is 2. The Labute approximate surface area is 118 Å². The van der Waals surface area contributed by atoms with Crippen molar-refractivity contribution in [2.24, 2.45) is 0 Å². The van der Waals surface area contributed by atoms with Crippen molar-refractivity contribution in [3.8, 4) is 11.5 Å². The highest BCUT2D eigenvalue weighted by molar-refractivity contribution is 5.42. The van der Waals surface area contributed by atoms with Crippen LogP contribution in [0.5, 0.6) is 11.5 Å². The van der Waals surface area contributed by atoms with E-state index in [1.54, 1.807) is 25.1 Å². The topological polar surface area (TPSA) is 48.3 Å². The molecule has 0 unspecified atom stereocenters. The minimum atomic E-state index is 0.739. The van der Waals surface area contributed by atoms with E-state index in [1.807, 2.05) is 30.6 Å². The highest BCUT2D eigenvalue weighted by atomic mass is 16.5. The number of aromatic nitrogens is 2. The summed E-state index contributed by atoms with van der Waals surface area (Å²) in [6, 6.07) is 5.89. The zero-order chi connectivity index (χ0) is 14.4. The van der Waals surface area contributed by atoms with Gasteiger partial charge in [0.25, 0.3) is 0 Å². The van der Waals surface area contributed by atoms with E-state index in [9.17, 15) is 0 Å². The lowest BCUT2D eigenvalue weighted by Crippen LogP contribution is -2.12. The molecule has 0 fully saturated rings. The van der Waals surface area contributed by atoms with E-state index in [0.717, 1.165) is 35.7 Å². The molecule has 20 heavy (non-hydrogen) atoms. The average molecular weight is 273 g/mol. The maximum atomic E-state index is 5.28. The van der Waals surface area contributed by atoms with Crippen LogP contribution in [0.1, 0.15) is 11.1 Å². The lowest BCUT2D eigenvalue weighted by atomic mass is 10.2. The number of ether oxygens (including phenoxy) is 2. The van der Waals surface area contributed by atoms with Gasteiger partial charge in [0.2, 0.25) is 0 Å². The molecule has 0 atom stereocenters. The predicted octanol–water partition coefficient (Wildman–Crippen LogP) is 2.29. The van der Waals surface area contributed by atoms with Gasteiger partial charge < -0.3 is 14.8 Å². The normalized spacial score (nSPS) is 10.3. The Morgan fingerprint density at radius 1 is 1.20 bits per heavy atom. The fourth-order valence-corrected chi connectivity index (χ4v) is 1.91. The maximum absolute atomic E-state index is 5.28. The van der Waals surface area contributed by atoms with Crippen molar-refractivity contribution >= 4 is 6.20 Å². The fraction of sp³-hybridized carbons (Fsp3) is 0.267. The average Bonchev–Trinajstić information content (AvgIpc) is 2.95. The number of benzene rings is 1. The quantitative estimate of drug-likeness (QED) is 0.841. The number of hydrogen-bond donors (Lipinski definition) is 1. The summed E-state index contributed by atoms with van der Waals surface area (Å²) in [7, 11) is 3.27. The summed E-state index contributed by atoms with van der Waals surface area (Å²) < 4.78 is 12.2. The molecule has 0 bridgehead atoms. The van der Waals surface area contributed by atoms with Gasteiger partial charge in [-0.25, -0.2) is 4.68 Å². The Bertz CT molecular complexity index is 578. The SMILES string of the molecule is C=Cn1cc(CNCc2ccc(OC)c(OC)c2)cn1. The van der Waals surface area contributed by atoms with Crippen molar-refractivity contribution in [1.29, 1.82) is 0 Å². The van der Waals surface area contributed by atoms with Gasteiger partial charge in [-0.2, -0.15) is 5.10 Å². The van der Waals surface area contributed by atoms with E-state index in [0.29, 0.717) is 0 Å². The third kappa shape index (κ3) is 3.39. The lowest BCUT2D eigenvalue weighted by molar-refractivity contribution is 0.354. The first-order valence-corrected chi connectivity index (χ1v) is 6.34. The zero-order valence-electron chi connectivity index (χ0n) is 11.8. The van der Waals surface area contributed by atoms with Crippen LogP contribution in [0, 0.1) is 0 Å². The molecule has 0 amide bonds. The van der Waals surface area contributed by atoms with Crippen molar-refractivity contribution < 1.29 is 9.47 Å². The highest BCUT2D eigenvalue weighted by Crippen LogP contribution is 2.27. The molecule has 5 heteroatoms. The second kappa shape index (κ2) is 6.77. The molecule has 1 aromatic carbocycles. The molecule has 0 aliphatic rings. The molecule has 1 N–H and O–H groups in total. The summed E-state index contributed by atoms with van der Waals surface area (Å²) >= 11 is 0. The molecular weight excluding hydrogens is 254 g/mol. The number of rotatable bonds is 7. The molecule has 0 aliphatic carbocycles. The molecule has 1 aromatic heterocycles. The van der Waals surface area contributed by atoms with Gasteiger partial charge in [-0.3, -0.25) is 0 Å². The summed E-state index contributed by atoms with van der Waals surface area (Å²) in [6.45, 7) is 5.16. The van der Waals surface area contributed by atoms with Crippen LogP contribution in [-0.2, 0) is 13.1 Å². The molecular formula is C15H19N3O2. The summed E-state index contributed by atoms with van der Waals surface area (Å²) in [5.41, 5.74) is 2.25. The summed E-state index contributed by atoms with van der Waals surface area (Å²) in [4.78, 5) is 0.